The Morgan fingerprint density at radius 1 is 1.18 bits per heavy atom. The zero-order chi connectivity index (χ0) is 27.7. The number of carbonyl (C=O) groups excluding carboxylic acids is 1. The van der Waals surface area contributed by atoms with Gasteiger partial charge in [-0.1, -0.05) is 39.0 Å². The first-order chi connectivity index (χ1) is 18.6. The number of nitrogens with zero attached hydrogens (tertiary/aromatic N) is 2. The Bertz CT molecular complexity index is 1570. The molecule has 0 aliphatic heterocycles. The van der Waals surface area contributed by atoms with Crippen molar-refractivity contribution in [3.63, 3.8) is 0 Å². The summed E-state index contributed by atoms with van der Waals surface area (Å²) in [4.78, 5) is 30.1. The second-order valence-electron chi connectivity index (χ2n) is 10.7. The SMILES string of the molecule is CC(C)(C)[C@@H]1CCc2c(sc(N=Cc3ccc(-c4ccc([N+](=O)[O-])cc4Br)o3)c2C(=O)Nc2ccccc2)C1. The molecule has 1 aliphatic carbocycles. The first kappa shape index (κ1) is 27.0. The third kappa shape index (κ3) is 5.89. The van der Waals surface area contributed by atoms with Gasteiger partial charge in [-0.15, -0.1) is 11.3 Å². The molecule has 1 aliphatic rings. The summed E-state index contributed by atoms with van der Waals surface area (Å²) in [6.45, 7) is 6.82. The molecule has 7 nitrogen and oxygen atoms in total. The topological polar surface area (TPSA) is 97.7 Å². The monoisotopic (exact) mass is 605 g/mol. The van der Waals surface area contributed by atoms with Gasteiger partial charge in [0.15, 0.2) is 0 Å². The van der Waals surface area contributed by atoms with Crippen LogP contribution >= 0.6 is 27.3 Å². The van der Waals surface area contributed by atoms with Crippen LogP contribution in [0.5, 0.6) is 0 Å². The second-order valence-corrected chi connectivity index (χ2v) is 12.6. The standard InChI is InChI=1S/C30H28BrN3O4S/c1-30(2,3)18-9-12-23-26(15-18)39-29(27(23)28(35)33-19-7-5-4-6-8-19)32-17-21-11-14-25(38-21)22-13-10-20(34(36)37)16-24(22)31/h4-8,10-11,13-14,16-18H,9,12,15H2,1-3H3,(H,33,35)/t18-/m1/s1. The van der Waals surface area contributed by atoms with Crippen LogP contribution in [-0.4, -0.2) is 17.0 Å². The maximum atomic E-state index is 13.5. The molecule has 39 heavy (non-hydrogen) atoms. The fourth-order valence-electron chi connectivity index (χ4n) is 4.86. The van der Waals surface area contributed by atoms with Crippen LogP contribution in [0.15, 0.2) is 74.5 Å². The number of thiophene rings is 1. The zero-order valence-corrected chi connectivity index (χ0v) is 24.3. The number of carbonyl (C=O) groups is 1. The summed E-state index contributed by atoms with van der Waals surface area (Å²) in [5, 5.41) is 14.8. The van der Waals surface area contributed by atoms with E-state index in [1.54, 1.807) is 35.8 Å². The number of rotatable bonds is 6. The van der Waals surface area contributed by atoms with E-state index >= 15 is 0 Å². The summed E-state index contributed by atoms with van der Waals surface area (Å²) in [7, 11) is 0. The molecule has 4 aromatic rings. The van der Waals surface area contributed by atoms with E-state index < -0.39 is 4.92 Å². The molecule has 2 aromatic heterocycles. The van der Waals surface area contributed by atoms with Crippen molar-refractivity contribution in [2.45, 2.75) is 40.0 Å². The minimum atomic E-state index is -0.440. The Morgan fingerprint density at radius 3 is 2.64 bits per heavy atom. The van der Waals surface area contributed by atoms with Gasteiger partial charge in [0.25, 0.3) is 11.6 Å². The molecular formula is C30H28BrN3O4S. The molecule has 0 radical (unpaired) electrons. The number of benzene rings is 2. The molecule has 0 saturated heterocycles. The van der Waals surface area contributed by atoms with Crippen LogP contribution in [0.25, 0.3) is 11.3 Å². The lowest BCUT2D eigenvalue weighted by Gasteiger charge is -2.33. The molecule has 1 amide bonds. The number of amides is 1. The molecule has 0 fully saturated rings. The van der Waals surface area contributed by atoms with E-state index in [0.29, 0.717) is 38.0 Å². The highest BCUT2D eigenvalue weighted by Crippen LogP contribution is 2.45. The number of non-ortho nitro benzene ring substituents is 1. The van der Waals surface area contributed by atoms with Gasteiger partial charge in [0.05, 0.1) is 16.7 Å². The predicted molar refractivity (Wildman–Crippen MR) is 159 cm³/mol. The quantitative estimate of drug-likeness (QED) is 0.135. The number of fused-ring (bicyclic) bond motifs is 1. The van der Waals surface area contributed by atoms with Crippen molar-refractivity contribution >= 4 is 55.8 Å². The minimum Gasteiger partial charge on any atom is -0.455 e. The number of nitrogens with one attached hydrogen (secondary N) is 1. The number of hydrogen-bond donors (Lipinski definition) is 1. The number of para-hydroxylation sites is 1. The van der Waals surface area contributed by atoms with E-state index in [1.807, 2.05) is 30.3 Å². The highest BCUT2D eigenvalue weighted by molar-refractivity contribution is 9.10. The average molecular weight is 607 g/mol. The first-order valence-electron chi connectivity index (χ1n) is 12.7. The lowest BCUT2D eigenvalue weighted by atomic mass is 9.72. The van der Waals surface area contributed by atoms with Crippen molar-refractivity contribution in [1.82, 2.24) is 0 Å². The van der Waals surface area contributed by atoms with Gasteiger partial charge < -0.3 is 9.73 Å². The van der Waals surface area contributed by atoms with Crippen molar-refractivity contribution in [3.05, 3.63) is 97.0 Å². The van der Waals surface area contributed by atoms with E-state index in [-0.39, 0.29) is 17.0 Å². The lowest BCUT2D eigenvalue weighted by Crippen LogP contribution is -2.27. The molecule has 1 atom stereocenters. The van der Waals surface area contributed by atoms with Gasteiger partial charge in [-0.25, -0.2) is 4.99 Å². The van der Waals surface area contributed by atoms with Crippen LogP contribution < -0.4 is 5.32 Å². The van der Waals surface area contributed by atoms with E-state index in [0.717, 1.165) is 30.5 Å². The van der Waals surface area contributed by atoms with Gasteiger partial charge in [0, 0.05) is 32.7 Å². The molecule has 5 rings (SSSR count). The summed E-state index contributed by atoms with van der Waals surface area (Å²) in [6, 6.07) is 17.6. The number of anilines is 1. The Kier molecular flexibility index (Phi) is 7.55. The third-order valence-electron chi connectivity index (χ3n) is 7.09. The van der Waals surface area contributed by atoms with E-state index in [4.69, 9.17) is 9.41 Å². The van der Waals surface area contributed by atoms with Gasteiger partial charge in [0.2, 0.25) is 0 Å². The van der Waals surface area contributed by atoms with Crippen LogP contribution in [0.4, 0.5) is 16.4 Å². The number of hydrogen-bond acceptors (Lipinski definition) is 6. The van der Waals surface area contributed by atoms with Crippen molar-refractivity contribution in [2.24, 2.45) is 16.3 Å². The molecule has 0 saturated carbocycles. The summed E-state index contributed by atoms with van der Waals surface area (Å²) in [6.07, 6.45) is 4.44. The second kappa shape index (κ2) is 10.9. The number of furan rings is 1. The number of aliphatic imine (C=N–C) groups is 1. The van der Waals surface area contributed by atoms with Gasteiger partial charge in [-0.3, -0.25) is 14.9 Å². The highest BCUT2D eigenvalue weighted by atomic mass is 79.9. The Labute approximate surface area is 239 Å². The minimum absolute atomic E-state index is 0.00404. The fraction of sp³-hybridized carbons (Fsp3) is 0.267. The van der Waals surface area contributed by atoms with Crippen LogP contribution in [0.3, 0.4) is 0 Å². The van der Waals surface area contributed by atoms with E-state index in [9.17, 15) is 14.9 Å². The maximum Gasteiger partial charge on any atom is 0.270 e. The van der Waals surface area contributed by atoms with Gasteiger partial charge >= 0.3 is 0 Å². The zero-order valence-electron chi connectivity index (χ0n) is 21.9. The Morgan fingerprint density at radius 2 is 1.95 bits per heavy atom. The predicted octanol–water partition coefficient (Wildman–Crippen LogP) is 8.83. The summed E-state index contributed by atoms with van der Waals surface area (Å²) in [5.74, 6) is 1.45. The summed E-state index contributed by atoms with van der Waals surface area (Å²) < 4.78 is 6.55. The average Bonchev–Trinajstić information content (AvgIpc) is 3.51. The molecule has 9 heteroatoms. The van der Waals surface area contributed by atoms with Gasteiger partial charge in [0.1, 0.15) is 16.5 Å². The van der Waals surface area contributed by atoms with E-state index in [2.05, 4.69) is 42.0 Å². The van der Waals surface area contributed by atoms with Crippen molar-refractivity contribution < 1.29 is 14.1 Å². The normalized spacial score (nSPS) is 15.3. The maximum absolute atomic E-state index is 13.5. The van der Waals surface area contributed by atoms with Crippen molar-refractivity contribution in [1.29, 1.82) is 0 Å². The third-order valence-corrected chi connectivity index (χ3v) is 8.91. The summed E-state index contributed by atoms with van der Waals surface area (Å²) >= 11 is 4.98. The first-order valence-corrected chi connectivity index (χ1v) is 14.3. The van der Waals surface area contributed by atoms with Crippen LogP contribution in [0, 0.1) is 21.4 Å². The van der Waals surface area contributed by atoms with Crippen LogP contribution in [-0.2, 0) is 12.8 Å². The molecule has 2 aromatic carbocycles. The molecular weight excluding hydrogens is 578 g/mol. The smallest absolute Gasteiger partial charge is 0.270 e. The molecule has 2 heterocycles. The lowest BCUT2D eigenvalue weighted by molar-refractivity contribution is -0.384. The molecule has 0 bridgehead atoms. The van der Waals surface area contributed by atoms with Crippen LogP contribution in [0.1, 0.15) is 53.8 Å². The number of nitro benzene ring substituents is 1. The summed E-state index contributed by atoms with van der Waals surface area (Å²) in [5.41, 5.74) is 3.35. The number of halogens is 1. The fourth-order valence-corrected chi connectivity index (χ4v) is 6.69. The van der Waals surface area contributed by atoms with E-state index in [1.165, 1.54) is 17.0 Å². The highest BCUT2D eigenvalue weighted by Gasteiger charge is 2.33. The van der Waals surface area contributed by atoms with Crippen LogP contribution in [0.2, 0.25) is 0 Å². The largest absolute Gasteiger partial charge is 0.455 e. The van der Waals surface area contributed by atoms with Gasteiger partial charge in [-0.2, -0.15) is 0 Å². The Balaban J connectivity index is 1.46. The molecule has 1 N–H and O–H groups in total. The number of nitro groups is 1. The van der Waals surface area contributed by atoms with Crippen molar-refractivity contribution in [3.8, 4) is 11.3 Å². The van der Waals surface area contributed by atoms with Gasteiger partial charge in [-0.05, 0) is 82.4 Å². The molecule has 200 valence electrons. The molecule has 0 spiro atoms. The Hall–Kier alpha value is -3.56. The van der Waals surface area contributed by atoms with Crippen molar-refractivity contribution in [2.75, 3.05) is 5.32 Å². The molecule has 0 unspecified atom stereocenters.